The number of hydrogen-bond acceptors (Lipinski definition) is 4. The molecule has 0 unspecified atom stereocenters. The molecule has 5 nitrogen and oxygen atoms in total. The Morgan fingerprint density at radius 2 is 2.31 bits per heavy atom. The highest BCUT2D eigenvalue weighted by molar-refractivity contribution is 5.94. The summed E-state index contributed by atoms with van der Waals surface area (Å²) in [5.74, 6) is 0.0433. The smallest absolute Gasteiger partial charge is 0.257 e. The van der Waals surface area contributed by atoms with E-state index in [0.717, 1.165) is 38.3 Å². The summed E-state index contributed by atoms with van der Waals surface area (Å²) in [5.41, 5.74) is 1.36. The van der Waals surface area contributed by atoms with Gasteiger partial charge in [0, 0.05) is 25.8 Å². The van der Waals surface area contributed by atoms with Crippen molar-refractivity contribution < 1.29 is 4.79 Å². The molecule has 1 aliphatic rings. The molecular formula is C11H16N4O. The summed E-state index contributed by atoms with van der Waals surface area (Å²) in [6, 6.07) is 0. The van der Waals surface area contributed by atoms with E-state index in [1.807, 2.05) is 11.8 Å². The molecule has 1 aromatic heterocycles. The highest BCUT2D eigenvalue weighted by Gasteiger charge is 2.19. The van der Waals surface area contributed by atoms with Crippen LogP contribution in [0.2, 0.25) is 0 Å². The number of rotatable bonds is 1. The molecule has 0 aliphatic carbocycles. The fraction of sp³-hybridized carbons (Fsp3) is 0.545. The van der Waals surface area contributed by atoms with Crippen LogP contribution >= 0.6 is 0 Å². The predicted octanol–water partition coefficient (Wildman–Crippen LogP) is 0.221. The van der Waals surface area contributed by atoms with Crippen LogP contribution in [0.25, 0.3) is 0 Å². The number of aromatic nitrogens is 2. The van der Waals surface area contributed by atoms with Crippen LogP contribution in [-0.4, -0.2) is 47.0 Å². The number of aryl methyl sites for hydroxylation is 1. The van der Waals surface area contributed by atoms with E-state index < -0.39 is 0 Å². The maximum Gasteiger partial charge on any atom is 0.257 e. The number of hydrogen-bond donors (Lipinski definition) is 1. The first-order valence-corrected chi connectivity index (χ1v) is 5.55. The maximum atomic E-state index is 12.2. The molecule has 0 radical (unpaired) electrons. The van der Waals surface area contributed by atoms with Crippen molar-refractivity contribution in [3.8, 4) is 0 Å². The van der Waals surface area contributed by atoms with Crippen molar-refractivity contribution in [1.82, 2.24) is 20.2 Å². The van der Waals surface area contributed by atoms with Crippen LogP contribution in [0.4, 0.5) is 0 Å². The first kappa shape index (κ1) is 11.0. The highest BCUT2D eigenvalue weighted by Crippen LogP contribution is 2.08. The van der Waals surface area contributed by atoms with Crippen LogP contribution in [0.5, 0.6) is 0 Å². The van der Waals surface area contributed by atoms with Crippen LogP contribution in [0.15, 0.2) is 12.5 Å². The first-order valence-electron chi connectivity index (χ1n) is 5.55. The molecule has 0 aromatic carbocycles. The Morgan fingerprint density at radius 1 is 1.44 bits per heavy atom. The van der Waals surface area contributed by atoms with E-state index >= 15 is 0 Å². The molecule has 86 valence electrons. The second-order valence-electron chi connectivity index (χ2n) is 3.92. The lowest BCUT2D eigenvalue weighted by Gasteiger charge is -2.20. The minimum atomic E-state index is 0.0433. The Hall–Kier alpha value is -1.49. The third-order valence-electron chi connectivity index (χ3n) is 2.77. The van der Waals surface area contributed by atoms with Crippen LogP contribution in [0, 0.1) is 6.92 Å². The zero-order valence-electron chi connectivity index (χ0n) is 9.44. The second kappa shape index (κ2) is 5.03. The fourth-order valence-corrected chi connectivity index (χ4v) is 1.82. The van der Waals surface area contributed by atoms with Crippen LogP contribution in [0.1, 0.15) is 22.5 Å². The minimum absolute atomic E-state index is 0.0433. The number of carbonyl (C=O) groups is 1. The average molecular weight is 220 g/mol. The third-order valence-corrected chi connectivity index (χ3v) is 2.77. The molecule has 0 saturated carbocycles. The van der Waals surface area contributed by atoms with Gasteiger partial charge in [0.1, 0.15) is 6.33 Å². The molecule has 1 saturated heterocycles. The Balaban J connectivity index is 2.14. The normalized spacial score (nSPS) is 16.9. The van der Waals surface area contributed by atoms with E-state index in [1.165, 1.54) is 6.33 Å². The van der Waals surface area contributed by atoms with Crippen molar-refractivity contribution in [1.29, 1.82) is 0 Å². The molecule has 1 aliphatic heterocycles. The molecule has 0 bridgehead atoms. The third kappa shape index (κ3) is 2.36. The number of amides is 1. The van der Waals surface area contributed by atoms with E-state index in [4.69, 9.17) is 0 Å². The SMILES string of the molecule is Cc1ncncc1C(=O)N1CCCNCC1. The summed E-state index contributed by atoms with van der Waals surface area (Å²) in [5, 5.41) is 3.27. The molecule has 0 atom stereocenters. The lowest BCUT2D eigenvalue weighted by atomic mass is 10.2. The molecule has 2 heterocycles. The topological polar surface area (TPSA) is 58.1 Å². The van der Waals surface area contributed by atoms with Crippen molar-refractivity contribution in [3.63, 3.8) is 0 Å². The standard InChI is InChI=1S/C11H16N4O/c1-9-10(7-13-8-14-9)11(16)15-5-2-3-12-4-6-15/h7-8,12H,2-6H2,1H3. The molecule has 5 heteroatoms. The zero-order chi connectivity index (χ0) is 11.4. The lowest BCUT2D eigenvalue weighted by Crippen LogP contribution is -2.34. The fourth-order valence-electron chi connectivity index (χ4n) is 1.82. The van der Waals surface area contributed by atoms with Crippen molar-refractivity contribution in [2.45, 2.75) is 13.3 Å². The van der Waals surface area contributed by atoms with Crippen LogP contribution < -0.4 is 5.32 Å². The van der Waals surface area contributed by atoms with Gasteiger partial charge in [-0.3, -0.25) is 4.79 Å². The Kier molecular flexibility index (Phi) is 3.46. The largest absolute Gasteiger partial charge is 0.337 e. The highest BCUT2D eigenvalue weighted by atomic mass is 16.2. The molecule has 0 spiro atoms. The quantitative estimate of drug-likeness (QED) is 0.735. The van der Waals surface area contributed by atoms with Crippen molar-refractivity contribution in [2.24, 2.45) is 0 Å². The van der Waals surface area contributed by atoms with Gasteiger partial charge in [0.25, 0.3) is 5.91 Å². The second-order valence-corrected chi connectivity index (χ2v) is 3.92. The van der Waals surface area contributed by atoms with Crippen LogP contribution in [0.3, 0.4) is 0 Å². The molecule has 1 fully saturated rings. The van der Waals surface area contributed by atoms with Crippen molar-refractivity contribution >= 4 is 5.91 Å². The number of carbonyl (C=O) groups excluding carboxylic acids is 1. The van der Waals surface area contributed by atoms with Gasteiger partial charge in [-0.15, -0.1) is 0 Å². The molecule has 2 rings (SSSR count). The summed E-state index contributed by atoms with van der Waals surface area (Å²) in [7, 11) is 0. The maximum absolute atomic E-state index is 12.2. The van der Waals surface area contributed by atoms with E-state index in [0.29, 0.717) is 5.56 Å². The molecule has 1 N–H and O–H groups in total. The molecule has 1 aromatic rings. The van der Waals surface area contributed by atoms with Crippen molar-refractivity contribution in [3.05, 3.63) is 23.8 Å². The lowest BCUT2D eigenvalue weighted by molar-refractivity contribution is 0.0764. The van der Waals surface area contributed by atoms with Gasteiger partial charge in [0.2, 0.25) is 0 Å². The minimum Gasteiger partial charge on any atom is -0.337 e. The summed E-state index contributed by atoms with van der Waals surface area (Å²) in [6.07, 6.45) is 4.07. The van der Waals surface area contributed by atoms with Gasteiger partial charge in [-0.25, -0.2) is 9.97 Å². The molecular weight excluding hydrogens is 204 g/mol. The van der Waals surface area contributed by atoms with Crippen molar-refractivity contribution in [2.75, 3.05) is 26.2 Å². The van der Waals surface area contributed by atoms with E-state index in [9.17, 15) is 4.79 Å². The van der Waals surface area contributed by atoms with Gasteiger partial charge < -0.3 is 10.2 Å². The zero-order valence-corrected chi connectivity index (χ0v) is 9.44. The van der Waals surface area contributed by atoms with Gasteiger partial charge >= 0.3 is 0 Å². The van der Waals surface area contributed by atoms with E-state index in [2.05, 4.69) is 15.3 Å². The Labute approximate surface area is 94.9 Å². The van der Waals surface area contributed by atoms with Gasteiger partial charge in [-0.05, 0) is 19.9 Å². The summed E-state index contributed by atoms with van der Waals surface area (Å²) < 4.78 is 0. The van der Waals surface area contributed by atoms with E-state index in [-0.39, 0.29) is 5.91 Å². The van der Waals surface area contributed by atoms with Gasteiger partial charge in [0.15, 0.2) is 0 Å². The monoisotopic (exact) mass is 220 g/mol. The van der Waals surface area contributed by atoms with Crippen LogP contribution in [-0.2, 0) is 0 Å². The van der Waals surface area contributed by atoms with Gasteiger partial charge in [0.05, 0.1) is 11.3 Å². The summed E-state index contributed by atoms with van der Waals surface area (Å²) >= 11 is 0. The predicted molar refractivity (Wildman–Crippen MR) is 60.2 cm³/mol. The van der Waals surface area contributed by atoms with Gasteiger partial charge in [-0.1, -0.05) is 0 Å². The summed E-state index contributed by atoms with van der Waals surface area (Å²) in [4.78, 5) is 22.0. The first-order chi connectivity index (χ1) is 7.79. The molecule has 1 amide bonds. The average Bonchev–Trinajstić information content (AvgIpc) is 2.57. The molecule has 16 heavy (non-hydrogen) atoms. The van der Waals surface area contributed by atoms with Gasteiger partial charge in [-0.2, -0.15) is 0 Å². The number of nitrogens with zero attached hydrogens (tertiary/aromatic N) is 3. The Morgan fingerprint density at radius 3 is 3.12 bits per heavy atom. The summed E-state index contributed by atoms with van der Waals surface area (Å²) in [6.45, 7) is 5.24. The number of nitrogens with one attached hydrogen (secondary N) is 1. The van der Waals surface area contributed by atoms with E-state index in [1.54, 1.807) is 6.20 Å². The Bertz CT molecular complexity index is 372.